The molecule has 0 aromatic heterocycles. The molecule has 0 aromatic rings. The van der Waals surface area contributed by atoms with Crippen molar-refractivity contribution in [3.8, 4) is 0 Å². The molecule has 2 N–H and O–H groups in total. The molecule has 3 heteroatoms. The number of hydrogen-bond donors (Lipinski definition) is 2. The summed E-state index contributed by atoms with van der Waals surface area (Å²) in [5.41, 5.74) is 0. The third kappa shape index (κ3) is 6.89. The molecule has 1 amide bonds. The highest BCUT2D eigenvalue weighted by Gasteiger charge is 2.11. The maximum atomic E-state index is 11.5. The minimum Gasteiger partial charge on any atom is -0.354 e. The van der Waals surface area contributed by atoms with Crippen molar-refractivity contribution < 1.29 is 4.79 Å². The van der Waals surface area contributed by atoms with Gasteiger partial charge in [0.1, 0.15) is 0 Å². The minimum atomic E-state index is -0.0869. The van der Waals surface area contributed by atoms with E-state index in [2.05, 4.69) is 38.3 Å². The fraction of sp³-hybridized carbons (Fsp3) is 0.909. The van der Waals surface area contributed by atoms with Crippen molar-refractivity contribution in [2.45, 2.75) is 40.7 Å². The summed E-state index contributed by atoms with van der Waals surface area (Å²) < 4.78 is 0. The van der Waals surface area contributed by atoms with E-state index in [0.29, 0.717) is 11.8 Å². The number of amides is 1. The Morgan fingerprint density at radius 1 is 1.00 bits per heavy atom. The van der Waals surface area contributed by atoms with Gasteiger partial charge in [-0.3, -0.25) is 4.79 Å². The number of hydrogen-bond acceptors (Lipinski definition) is 2. The first-order valence-corrected chi connectivity index (χ1v) is 5.44. The van der Waals surface area contributed by atoms with Crippen LogP contribution in [0.3, 0.4) is 0 Å². The molecule has 0 heterocycles. The molecule has 84 valence electrons. The van der Waals surface area contributed by atoms with E-state index in [1.807, 2.05) is 6.92 Å². The Hall–Kier alpha value is -0.570. The molecule has 0 aliphatic rings. The van der Waals surface area contributed by atoms with Gasteiger partial charge in [0.2, 0.25) is 5.91 Å². The monoisotopic (exact) mass is 200 g/mol. The van der Waals surface area contributed by atoms with Crippen molar-refractivity contribution in [3.63, 3.8) is 0 Å². The average Bonchev–Trinajstić information content (AvgIpc) is 2.09. The van der Waals surface area contributed by atoms with E-state index in [1.54, 1.807) is 0 Å². The summed E-state index contributed by atoms with van der Waals surface area (Å²) in [5.74, 6) is 1.19. The van der Waals surface area contributed by atoms with E-state index in [-0.39, 0.29) is 11.9 Å². The van der Waals surface area contributed by atoms with Crippen LogP contribution in [-0.2, 0) is 4.79 Å². The Labute approximate surface area is 87.6 Å². The van der Waals surface area contributed by atoms with Gasteiger partial charge in [0, 0.05) is 6.54 Å². The molecule has 0 aromatic carbocycles. The molecular formula is C11H24N2O. The molecule has 0 aliphatic carbocycles. The van der Waals surface area contributed by atoms with Crippen LogP contribution >= 0.6 is 0 Å². The van der Waals surface area contributed by atoms with E-state index >= 15 is 0 Å². The third-order valence-corrected chi connectivity index (χ3v) is 1.91. The second-order valence-electron chi connectivity index (χ2n) is 4.66. The van der Waals surface area contributed by atoms with Gasteiger partial charge in [-0.1, -0.05) is 27.7 Å². The van der Waals surface area contributed by atoms with Crippen LogP contribution in [0.25, 0.3) is 0 Å². The molecule has 0 fully saturated rings. The first kappa shape index (κ1) is 13.4. The van der Waals surface area contributed by atoms with Crippen LogP contribution in [0, 0.1) is 11.8 Å². The lowest BCUT2D eigenvalue weighted by Gasteiger charge is -2.16. The summed E-state index contributed by atoms with van der Waals surface area (Å²) in [6.45, 7) is 12.0. The molecule has 0 saturated carbocycles. The van der Waals surface area contributed by atoms with Crippen molar-refractivity contribution in [2.24, 2.45) is 11.8 Å². The van der Waals surface area contributed by atoms with E-state index in [4.69, 9.17) is 0 Å². The first-order chi connectivity index (χ1) is 6.43. The molecule has 0 saturated heterocycles. The molecule has 0 radical (unpaired) electrons. The number of carbonyl (C=O) groups is 1. The van der Waals surface area contributed by atoms with Crippen LogP contribution in [0.15, 0.2) is 0 Å². The van der Waals surface area contributed by atoms with Gasteiger partial charge in [-0.2, -0.15) is 0 Å². The van der Waals surface area contributed by atoms with Crippen LogP contribution in [0.5, 0.6) is 0 Å². The van der Waals surface area contributed by atoms with Gasteiger partial charge in [-0.05, 0) is 25.3 Å². The normalized spacial score (nSPS) is 13.4. The highest BCUT2D eigenvalue weighted by atomic mass is 16.2. The first-order valence-electron chi connectivity index (χ1n) is 5.44. The average molecular weight is 200 g/mol. The Morgan fingerprint density at radius 3 is 1.93 bits per heavy atom. The standard InChI is InChI=1S/C11H24N2O/c1-8(2)6-12-10(5)11(14)13-7-9(3)4/h8-10,12H,6-7H2,1-5H3,(H,13,14). The Kier molecular flexibility index (Phi) is 6.54. The number of carbonyl (C=O) groups excluding carboxylic acids is 1. The van der Waals surface area contributed by atoms with Crippen molar-refractivity contribution in [2.75, 3.05) is 13.1 Å². The molecule has 0 rings (SSSR count). The lowest BCUT2D eigenvalue weighted by Crippen LogP contribution is -2.44. The highest BCUT2D eigenvalue weighted by Crippen LogP contribution is 1.92. The summed E-state index contributed by atoms with van der Waals surface area (Å²) in [6, 6.07) is -0.0869. The van der Waals surface area contributed by atoms with Gasteiger partial charge in [-0.15, -0.1) is 0 Å². The van der Waals surface area contributed by atoms with E-state index in [1.165, 1.54) is 0 Å². The topological polar surface area (TPSA) is 41.1 Å². The highest BCUT2D eigenvalue weighted by molar-refractivity contribution is 5.81. The molecule has 1 unspecified atom stereocenters. The number of nitrogens with one attached hydrogen (secondary N) is 2. The van der Waals surface area contributed by atoms with E-state index in [0.717, 1.165) is 13.1 Å². The largest absolute Gasteiger partial charge is 0.354 e. The zero-order valence-electron chi connectivity index (χ0n) is 10.1. The van der Waals surface area contributed by atoms with Crippen molar-refractivity contribution >= 4 is 5.91 Å². The zero-order chi connectivity index (χ0) is 11.1. The second kappa shape index (κ2) is 6.82. The van der Waals surface area contributed by atoms with Gasteiger partial charge in [0.15, 0.2) is 0 Å². The van der Waals surface area contributed by atoms with Crippen molar-refractivity contribution in [1.82, 2.24) is 10.6 Å². The Morgan fingerprint density at radius 2 is 1.50 bits per heavy atom. The lowest BCUT2D eigenvalue weighted by molar-refractivity contribution is -0.122. The zero-order valence-corrected chi connectivity index (χ0v) is 10.1. The second-order valence-corrected chi connectivity index (χ2v) is 4.66. The molecular weight excluding hydrogens is 176 g/mol. The molecule has 0 aliphatic heterocycles. The number of rotatable bonds is 6. The minimum absolute atomic E-state index is 0.0869. The lowest BCUT2D eigenvalue weighted by atomic mass is 10.2. The van der Waals surface area contributed by atoms with Gasteiger partial charge in [0.25, 0.3) is 0 Å². The van der Waals surface area contributed by atoms with E-state index < -0.39 is 0 Å². The van der Waals surface area contributed by atoms with Crippen LogP contribution in [-0.4, -0.2) is 25.0 Å². The van der Waals surface area contributed by atoms with Crippen LogP contribution < -0.4 is 10.6 Å². The summed E-state index contributed by atoms with van der Waals surface area (Å²) in [7, 11) is 0. The van der Waals surface area contributed by atoms with E-state index in [9.17, 15) is 4.79 Å². The van der Waals surface area contributed by atoms with Crippen molar-refractivity contribution in [1.29, 1.82) is 0 Å². The van der Waals surface area contributed by atoms with Crippen molar-refractivity contribution in [3.05, 3.63) is 0 Å². The van der Waals surface area contributed by atoms with Crippen LogP contribution in [0.2, 0.25) is 0 Å². The maximum Gasteiger partial charge on any atom is 0.236 e. The van der Waals surface area contributed by atoms with Gasteiger partial charge >= 0.3 is 0 Å². The van der Waals surface area contributed by atoms with Gasteiger partial charge < -0.3 is 10.6 Å². The predicted molar refractivity (Wildman–Crippen MR) is 60.2 cm³/mol. The Bertz CT molecular complexity index is 167. The SMILES string of the molecule is CC(C)CNC(=O)C(C)NCC(C)C. The fourth-order valence-corrected chi connectivity index (χ4v) is 0.963. The van der Waals surface area contributed by atoms with Crippen LogP contribution in [0.1, 0.15) is 34.6 Å². The van der Waals surface area contributed by atoms with Gasteiger partial charge in [0.05, 0.1) is 6.04 Å². The summed E-state index contributed by atoms with van der Waals surface area (Å²) >= 11 is 0. The van der Waals surface area contributed by atoms with Gasteiger partial charge in [-0.25, -0.2) is 0 Å². The third-order valence-electron chi connectivity index (χ3n) is 1.91. The maximum absolute atomic E-state index is 11.5. The molecule has 14 heavy (non-hydrogen) atoms. The van der Waals surface area contributed by atoms with Crippen LogP contribution in [0.4, 0.5) is 0 Å². The molecule has 3 nitrogen and oxygen atoms in total. The smallest absolute Gasteiger partial charge is 0.236 e. The summed E-state index contributed by atoms with van der Waals surface area (Å²) in [4.78, 5) is 11.5. The molecule has 0 bridgehead atoms. The predicted octanol–water partition coefficient (Wildman–Crippen LogP) is 1.39. The quantitative estimate of drug-likeness (QED) is 0.680. The fourth-order valence-electron chi connectivity index (χ4n) is 0.963. The molecule has 1 atom stereocenters. The molecule has 0 spiro atoms. The summed E-state index contributed by atoms with van der Waals surface area (Å²) in [6.07, 6.45) is 0. The Balaban J connectivity index is 3.65. The summed E-state index contributed by atoms with van der Waals surface area (Å²) in [5, 5.41) is 6.10.